The van der Waals surface area contributed by atoms with Crippen molar-refractivity contribution in [3.8, 4) is 0 Å². The Morgan fingerprint density at radius 1 is 0.280 bits per heavy atom. The Morgan fingerprint density at radius 3 is 0.813 bits per heavy atom. The van der Waals surface area contributed by atoms with Gasteiger partial charge in [0.15, 0.2) is 6.10 Å². The zero-order chi connectivity index (χ0) is 54.3. The lowest BCUT2D eigenvalue weighted by Crippen LogP contribution is -2.30. The van der Waals surface area contributed by atoms with Crippen LogP contribution in [0.15, 0.2) is 60.8 Å². The van der Waals surface area contributed by atoms with Crippen molar-refractivity contribution < 1.29 is 28.6 Å². The first-order valence-corrected chi connectivity index (χ1v) is 32.8. The summed E-state index contributed by atoms with van der Waals surface area (Å²) in [5.41, 5.74) is 0. The molecular formula is C69H124O6. The van der Waals surface area contributed by atoms with Crippen molar-refractivity contribution in [2.75, 3.05) is 13.2 Å². The smallest absolute Gasteiger partial charge is 0.306 e. The van der Waals surface area contributed by atoms with E-state index in [1.54, 1.807) is 0 Å². The molecule has 436 valence electrons. The van der Waals surface area contributed by atoms with E-state index in [2.05, 4.69) is 81.5 Å². The zero-order valence-corrected chi connectivity index (χ0v) is 50.1. The maximum absolute atomic E-state index is 12.9. The van der Waals surface area contributed by atoms with Crippen LogP contribution in [0.4, 0.5) is 0 Å². The molecule has 0 bridgehead atoms. The lowest BCUT2D eigenvalue weighted by molar-refractivity contribution is -0.167. The number of carbonyl (C=O) groups is 3. The van der Waals surface area contributed by atoms with Crippen molar-refractivity contribution in [1.29, 1.82) is 0 Å². The quantitative estimate of drug-likeness (QED) is 0.0261. The standard InChI is InChI=1S/C69H124O6/c1-4-7-10-13-16-19-22-25-28-29-30-31-32-33-34-35-36-37-38-39-40-41-42-45-47-50-53-56-59-62-68(71)74-65-66(75-69(72)63-60-57-54-51-48-44-27-24-21-18-15-12-9-6-3)64-73-67(70)61-58-55-52-49-46-43-26-23-20-17-14-11-8-5-2/h7,10,16,19,25,28,30-31,33-34,66H,4-6,8-9,11-15,17-18,20-24,26-27,29,32,35-65H2,1-3H3/b10-7-,19-16-,28-25-,31-30-,34-33-. The van der Waals surface area contributed by atoms with E-state index in [1.807, 2.05) is 0 Å². The highest BCUT2D eigenvalue weighted by atomic mass is 16.6. The Morgan fingerprint density at radius 2 is 0.520 bits per heavy atom. The first-order valence-electron chi connectivity index (χ1n) is 32.8. The van der Waals surface area contributed by atoms with Gasteiger partial charge in [-0.15, -0.1) is 0 Å². The predicted octanol–water partition coefficient (Wildman–Crippen LogP) is 22.3. The monoisotopic (exact) mass is 1050 g/mol. The van der Waals surface area contributed by atoms with E-state index in [0.717, 1.165) is 89.9 Å². The van der Waals surface area contributed by atoms with Crippen LogP contribution >= 0.6 is 0 Å². The van der Waals surface area contributed by atoms with E-state index < -0.39 is 6.10 Å². The van der Waals surface area contributed by atoms with Crippen molar-refractivity contribution in [3.63, 3.8) is 0 Å². The van der Waals surface area contributed by atoms with Crippen LogP contribution in [0.5, 0.6) is 0 Å². The number of hydrogen-bond donors (Lipinski definition) is 0. The Balaban J connectivity index is 4.20. The molecule has 0 spiro atoms. The normalized spacial score (nSPS) is 12.4. The van der Waals surface area contributed by atoms with Gasteiger partial charge in [-0.3, -0.25) is 14.4 Å². The Hall–Kier alpha value is -2.89. The summed E-state index contributed by atoms with van der Waals surface area (Å²) in [6.45, 7) is 6.58. The molecule has 6 nitrogen and oxygen atoms in total. The first kappa shape index (κ1) is 72.1. The summed E-state index contributed by atoms with van der Waals surface area (Å²) >= 11 is 0. The first-order chi connectivity index (χ1) is 37.0. The third kappa shape index (κ3) is 61.8. The minimum Gasteiger partial charge on any atom is -0.462 e. The van der Waals surface area contributed by atoms with Gasteiger partial charge in [0.25, 0.3) is 0 Å². The molecule has 6 heteroatoms. The molecule has 1 unspecified atom stereocenters. The molecule has 0 aliphatic carbocycles. The van der Waals surface area contributed by atoms with E-state index in [4.69, 9.17) is 14.2 Å². The van der Waals surface area contributed by atoms with Gasteiger partial charge in [-0.1, -0.05) is 319 Å². The fourth-order valence-electron chi connectivity index (χ4n) is 9.65. The van der Waals surface area contributed by atoms with Gasteiger partial charge in [0, 0.05) is 19.3 Å². The molecule has 0 aliphatic heterocycles. The van der Waals surface area contributed by atoms with Crippen LogP contribution in [0.25, 0.3) is 0 Å². The van der Waals surface area contributed by atoms with E-state index in [9.17, 15) is 14.4 Å². The molecule has 0 fully saturated rings. The molecule has 0 rings (SSSR count). The van der Waals surface area contributed by atoms with Crippen molar-refractivity contribution >= 4 is 17.9 Å². The molecule has 0 aliphatic rings. The number of rotatable bonds is 60. The summed E-state index contributed by atoms with van der Waals surface area (Å²) in [4.78, 5) is 38.3. The van der Waals surface area contributed by atoms with Crippen LogP contribution in [0.3, 0.4) is 0 Å². The molecule has 0 aromatic heterocycles. The van der Waals surface area contributed by atoms with Crippen LogP contribution in [-0.2, 0) is 28.6 Å². The Kier molecular flexibility index (Phi) is 61.2. The maximum atomic E-state index is 12.9. The number of ether oxygens (including phenoxy) is 3. The lowest BCUT2D eigenvalue weighted by Gasteiger charge is -2.18. The molecule has 0 aromatic carbocycles. The number of esters is 3. The molecule has 0 heterocycles. The Bertz CT molecular complexity index is 1340. The molecule has 75 heavy (non-hydrogen) atoms. The molecule has 0 amide bonds. The summed E-state index contributed by atoms with van der Waals surface area (Å²) in [5, 5.41) is 0. The van der Waals surface area contributed by atoms with Gasteiger partial charge in [0.05, 0.1) is 0 Å². The number of hydrogen-bond acceptors (Lipinski definition) is 6. The minimum atomic E-state index is -0.770. The van der Waals surface area contributed by atoms with Crippen molar-refractivity contribution in [2.24, 2.45) is 0 Å². The van der Waals surface area contributed by atoms with Gasteiger partial charge < -0.3 is 14.2 Å². The van der Waals surface area contributed by atoms with E-state index in [1.165, 1.54) is 212 Å². The third-order valence-electron chi connectivity index (χ3n) is 14.5. The molecular weight excluding hydrogens is 925 g/mol. The lowest BCUT2D eigenvalue weighted by atomic mass is 10.0. The van der Waals surface area contributed by atoms with Gasteiger partial charge in [-0.25, -0.2) is 0 Å². The van der Waals surface area contributed by atoms with E-state index in [0.29, 0.717) is 19.3 Å². The second-order valence-corrected chi connectivity index (χ2v) is 22.0. The highest BCUT2D eigenvalue weighted by molar-refractivity contribution is 5.71. The molecule has 0 saturated carbocycles. The summed E-state index contributed by atoms with van der Waals surface area (Å²) < 4.78 is 16.9. The SMILES string of the molecule is CC/C=C\C/C=C\C/C=C\C/C=C\C/C=C\CCCCCCCCCCCCCCCC(=O)OCC(COC(=O)CCCCCCCCCCCCCCCC)OC(=O)CCCCCCCCCCCCCCCC. The van der Waals surface area contributed by atoms with E-state index in [-0.39, 0.29) is 31.1 Å². The second kappa shape index (κ2) is 63.6. The van der Waals surface area contributed by atoms with Crippen molar-refractivity contribution in [1.82, 2.24) is 0 Å². The van der Waals surface area contributed by atoms with Crippen LogP contribution < -0.4 is 0 Å². The highest BCUT2D eigenvalue weighted by Gasteiger charge is 2.19. The van der Waals surface area contributed by atoms with Gasteiger partial charge in [0.1, 0.15) is 13.2 Å². The number of allylic oxidation sites excluding steroid dienone is 10. The van der Waals surface area contributed by atoms with Gasteiger partial charge in [-0.2, -0.15) is 0 Å². The summed E-state index contributed by atoms with van der Waals surface area (Å²) in [7, 11) is 0. The molecule has 1 atom stereocenters. The average Bonchev–Trinajstić information content (AvgIpc) is 3.41. The van der Waals surface area contributed by atoms with Gasteiger partial charge in [0.2, 0.25) is 0 Å². The van der Waals surface area contributed by atoms with Crippen molar-refractivity contribution in [2.45, 2.75) is 348 Å². The highest BCUT2D eigenvalue weighted by Crippen LogP contribution is 2.18. The number of unbranched alkanes of at least 4 members (excludes halogenated alkanes) is 39. The third-order valence-corrected chi connectivity index (χ3v) is 14.5. The van der Waals surface area contributed by atoms with Crippen LogP contribution in [-0.4, -0.2) is 37.2 Å². The fraction of sp³-hybridized carbons (Fsp3) is 0.812. The van der Waals surface area contributed by atoms with Gasteiger partial charge in [-0.05, 0) is 64.2 Å². The van der Waals surface area contributed by atoms with Gasteiger partial charge >= 0.3 is 17.9 Å². The largest absolute Gasteiger partial charge is 0.462 e. The van der Waals surface area contributed by atoms with Crippen LogP contribution in [0.1, 0.15) is 342 Å². The van der Waals surface area contributed by atoms with Crippen LogP contribution in [0.2, 0.25) is 0 Å². The minimum absolute atomic E-state index is 0.0678. The maximum Gasteiger partial charge on any atom is 0.306 e. The Labute approximate surface area is 466 Å². The second-order valence-electron chi connectivity index (χ2n) is 22.0. The number of carbonyl (C=O) groups excluding carboxylic acids is 3. The zero-order valence-electron chi connectivity index (χ0n) is 50.1. The summed E-state index contributed by atoms with van der Waals surface area (Å²) in [6, 6.07) is 0. The van der Waals surface area contributed by atoms with Crippen LogP contribution in [0, 0.1) is 0 Å². The molecule has 0 radical (unpaired) electrons. The topological polar surface area (TPSA) is 78.9 Å². The molecule has 0 aromatic rings. The fourth-order valence-corrected chi connectivity index (χ4v) is 9.65. The summed E-state index contributed by atoms with van der Waals surface area (Å²) in [5.74, 6) is -0.847. The molecule has 0 saturated heterocycles. The molecule has 0 N–H and O–H groups in total. The summed E-state index contributed by atoms with van der Waals surface area (Å²) in [6.07, 6.45) is 80.9. The average molecular weight is 1050 g/mol. The predicted molar refractivity (Wildman–Crippen MR) is 325 cm³/mol. The van der Waals surface area contributed by atoms with Crippen molar-refractivity contribution in [3.05, 3.63) is 60.8 Å². The van der Waals surface area contributed by atoms with E-state index >= 15 is 0 Å².